The summed E-state index contributed by atoms with van der Waals surface area (Å²) >= 11 is 0. The molecular weight excluding hydrogens is 254 g/mol. The second-order valence-electron chi connectivity index (χ2n) is 3.85. The minimum atomic E-state index is -0.882. The molecule has 0 atom stereocenters. The molecule has 98 valence electrons. The van der Waals surface area contributed by atoms with Gasteiger partial charge in [0.25, 0.3) is 5.91 Å². The Balaban J connectivity index is 2.28. The van der Waals surface area contributed by atoms with Gasteiger partial charge in [-0.2, -0.15) is 0 Å². The molecular formula is C13H10F2N2O2. The van der Waals surface area contributed by atoms with Crippen molar-refractivity contribution in [1.29, 1.82) is 0 Å². The Kier molecular flexibility index (Phi) is 3.33. The molecule has 0 saturated carbocycles. The van der Waals surface area contributed by atoms with Crippen LogP contribution >= 0.6 is 0 Å². The number of carbonyl (C=O) groups excluding carboxylic acids is 1. The summed E-state index contributed by atoms with van der Waals surface area (Å²) < 4.78 is 26.5. The molecule has 0 aliphatic carbocycles. The summed E-state index contributed by atoms with van der Waals surface area (Å²) in [6.45, 7) is 0. The largest absolute Gasteiger partial charge is 0.508 e. The topological polar surface area (TPSA) is 75.3 Å². The van der Waals surface area contributed by atoms with Crippen LogP contribution in [0.25, 0.3) is 0 Å². The number of aromatic hydroxyl groups is 1. The third-order valence-corrected chi connectivity index (χ3v) is 2.46. The van der Waals surface area contributed by atoms with E-state index in [0.717, 1.165) is 24.3 Å². The molecule has 0 fully saturated rings. The molecule has 0 heterocycles. The van der Waals surface area contributed by atoms with Crippen molar-refractivity contribution >= 4 is 17.3 Å². The van der Waals surface area contributed by atoms with Gasteiger partial charge in [0.15, 0.2) is 0 Å². The van der Waals surface area contributed by atoms with Gasteiger partial charge in [-0.3, -0.25) is 4.79 Å². The van der Waals surface area contributed by atoms with E-state index in [1.165, 1.54) is 12.1 Å². The fraction of sp³-hybridized carbons (Fsp3) is 0. The minimum absolute atomic E-state index is 0.0532. The first-order chi connectivity index (χ1) is 8.97. The predicted molar refractivity (Wildman–Crippen MR) is 66.8 cm³/mol. The molecule has 0 aliphatic rings. The Bertz CT molecular complexity index is 645. The maximum atomic E-state index is 13.5. The number of hydrogen-bond donors (Lipinski definition) is 3. The van der Waals surface area contributed by atoms with E-state index in [0.29, 0.717) is 0 Å². The van der Waals surface area contributed by atoms with Crippen LogP contribution in [0, 0.1) is 11.6 Å². The molecule has 0 bridgehead atoms. The number of anilines is 2. The number of nitrogens with one attached hydrogen (secondary N) is 1. The van der Waals surface area contributed by atoms with Gasteiger partial charge in [-0.1, -0.05) is 0 Å². The molecule has 2 aromatic rings. The number of halogens is 2. The van der Waals surface area contributed by atoms with Crippen LogP contribution < -0.4 is 11.1 Å². The van der Waals surface area contributed by atoms with E-state index in [1.54, 1.807) is 0 Å². The number of nitrogens with two attached hydrogens (primary N) is 1. The molecule has 0 spiro atoms. The lowest BCUT2D eigenvalue weighted by Gasteiger charge is -2.09. The molecule has 0 unspecified atom stereocenters. The Hall–Kier alpha value is -2.63. The molecule has 2 aromatic carbocycles. The van der Waals surface area contributed by atoms with Gasteiger partial charge >= 0.3 is 0 Å². The van der Waals surface area contributed by atoms with Crippen molar-refractivity contribution in [1.82, 2.24) is 0 Å². The van der Waals surface area contributed by atoms with Crippen LogP contribution in [0.3, 0.4) is 0 Å². The monoisotopic (exact) mass is 264 g/mol. The summed E-state index contributed by atoms with van der Waals surface area (Å²) in [5.41, 5.74) is 5.50. The van der Waals surface area contributed by atoms with Gasteiger partial charge in [0.1, 0.15) is 17.4 Å². The first-order valence-electron chi connectivity index (χ1n) is 5.32. The lowest BCUT2D eigenvalue weighted by atomic mass is 10.1. The van der Waals surface area contributed by atoms with E-state index in [4.69, 9.17) is 10.8 Å². The van der Waals surface area contributed by atoms with Gasteiger partial charge in [-0.05, 0) is 30.3 Å². The van der Waals surface area contributed by atoms with Gasteiger partial charge in [-0.15, -0.1) is 0 Å². The van der Waals surface area contributed by atoms with Crippen molar-refractivity contribution < 1.29 is 18.7 Å². The number of rotatable bonds is 2. The quantitative estimate of drug-likeness (QED) is 0.729. The van der Waals surface area contributed by atoms with E-state index in [-0.39, 0.29) is 22.7 Å². The molecule has 2 rings (SSSR count). The minimum Gasteiger partial charge on any atom is -0.508 e. The van der Waals surface area contributed by atoms with Crippen molar-refractivity contribution in [2.45, 2.75) is 0 Å². The van der Waals surface area contributed by atoms with Crippen molar-refractivity contribution in [2.75, 3.05) is 11.1 Å². The molecule has 4 N–H and O–H groups in total. The zero-order chi connectivity index (χ0) is 14.0. The van der Waals surface area contributed by atoms with Gasteiger partial charge in [-0.25, -0.2) is 8.78 Å². The molecule has 0 aromatic heterocycles. The standard InChI is InChI=1S/C13H10F2N2O2/c14-7-1-4-11(16)12(5-7)17-13(19)9-3-2-8(18)6-10(9)15/h1-6,18H,16H2,(H,17,19). The van der Waals surface area contributed by atoms with Gasteiger partial charge in [0, 0.05) is 6.07 Å². The molecule has 6 heteroatoms. The van der Waals surface area contributed by atoms with Crippen LogP contribution in [-0.4, -0.2) is 11.0 Å². The van der Waals surface area contributed by atoms with Crippen molar-refractivity contribution in [2.24, 2.45) is 0 Å². The summed E-state index contributed by atoms with van der Waals surface area (Å²) in [5.74, 6) is -2.53. The smallest absolute Gasteiger partial charge is 0.258 e. The number of phenolic OH excluding ortho intramolecular Hbond substituents is 1. The fourth-order valence-corrected chi connectivity index (χ4v) is 1.51. The summed E-state index contributed by atoms with van der Waals surface area (Å²) in [6, 6.07) is 6.57. The second kappa shape index (κ2) is 4.93. The number of phenols is 1. The van der Waals surface area contributed by atoms with Crippen LogP contribution in [0.4, 0.5) is 20.2 Å². The third-order valence-electron chi connectivity index (χ3n) is 2.46. The fourth-order valence-electron chi connectivity index (χ4n) is 1.51. The van der Waals surface area contributed by atoms with E-state index in [2.05, 4.69) is 5.32 Å². The van der Waals surface area contributed by atoms with E-state index >= 15 is 0 Å². The number of nitrogen functional groups attached to an aromatic ring is 1. The summed E-state index contributed by atoms with van der Waals surface area (Å²) in [4.78, 5) is 11.8. The zero-order valence-electron chi connectivity index (χ0n) is 9.65. The Labute approximate surface area is 107 Å². The third kappa shape index (κ3) is 2.79. The average Bonchev–Trinajstić information content (AvgIpc) is 2.33. The normalized spacial score (nSPS) is 10.2. The second-order valence-corrected chi connectivity index (χ2v) is 3.85. The molecule has 1 amide bonds. The maximum absolute atomic E-state index is 13.5. The Morgan fingerprint density at radius 3 is 2.58 bits per heavy atom. The number of benzene rings is 2. The predicted octanol–water partition coefficient (Wildman–Crippen LogP) is 2.50. The SMILES string of the molecule is Nc1ccc(F)cc1NC(=O)c1ccc(O)cc1F. The van der Waals surface area contributed by atoms with Crippen LogP contribution in [-0.2, 0) is 0 Å². The van der Waals surface area contributed by atoms with Crippen molar-refractivity contribution in [3.8, 4) is 5.75 Å². The Morgan fingerprint density at radius 2 is 1.89 bits per heavy atom. The van der Waals surface area contributed by atoms with Crippen LogP contribution in [0.2, 0.25) is 0 Å². The summed E-state index contributed by atoms with van der Waals surface area (Å²) in [5, 5.41) is 11.4. The molecule has 0 saturated heterocycles. The van der Waals surface area contributed by atoms with Crippen molar-refractivity contribution in [3.63, 3.8) is 0 Å². The highest BCUT2D eigenvalue weighted by Gasteiger charge is 2.13. The van der Waals surface area contributed by atoms with E-state index in [9.17, 15) is 13.6 Å². The highest BCUT2D eigenvalue weighted by Crippen LogP contribution is 2.21. The highest BCUT2D eigenvalue weighted by atomic mass is 19.1. The maximum Gasteiger partial charge on any atom is 0.258 e. The lowest BCUT2D eigenvalue weighted by molar-refractivity contribution is 0.102. The van der Waals surface area contributed by atoms with Gasteiger partial charge < -0.3 is 16.2 Å². The van der Waals surface area contributed by atoms with Crippen molar-refractivity contribution in [3.05, 3.63) is 53.6 Å². The van der Waals surface area contributed by atoms with E-state index < -0.39 is 17.5 Å². The average molecular weight is 264 g/mol. The number of carbonyl (C=O) groups is 1. The summed E-state index contributed by atoms with van der Waals surface area (Å²) in [6.07, 6.45) is 0. The Morgan fingerprint density at radius 1 is 1.16 bits per heavy atom. The van der Waals surface area contributed by atoms with E-state index in [1.807, 2.05) is 0 Å². The zero-order valence-corrected chi connectivity index (χ0v) is 9.65. The van der Waals surface area contributed by atoms with Crippen LogP contribution in [0.1, 0.15) is 10.4 Å². The van der Waals surface area contributed by atoms with Crippen LogP contribution in [0.15, 0.2) is 36.4 Å². The molecule has 4 nitrogen and oxygen atoms in total. The lowest BCUT2D eigenvalue weighted by Crippen LogP contribution is -2.15. The summed E-state index contributed by atoms with van der Waals surface area (Å²) in [7, 11) is 0. The van der Waals surface area contributed by atoms with Crippen LogP contribution in [0.5, 0.6) is 5.75 Å². The first kappa shape index (κ1) is 12.8. The molecule has 0 radical (unpaired) electrons. The van der Waals surface area contributed by atoms with Gasteiger partial charge in [0.2, 0.25) is 0 Å². The first-order valence-corrected chi connectivity index (χ1v) is 5.32. The highest BCUT2D eigenvalue weighted by molar-refractivity contribution is 6.05. The number of hydrogen-bond acceptors (Lipinski definition) is 3. The van der Waals surface area contributed by atoms with Gasteiger partial charge in [0.05, 0.1) is 16.9 Å². The number of amides is 1. The molecule has 0 aliphatic heterocycles. The molecule has 19 heavy (non-hydrogen) atoms.